The quantitative estimate of drug-likeness (QED) is 0.598. The van der Waals surface area contributed by atoms with Crippen molar-refractivity contribution >= 4 is 44.7 Å². The highest BCUT2D eigenvalue weighted by Gasteiger charge is 2.20. The van der Waals surface area contributed by atoms with E-state index in [-0.39, 0.29) is 16.2 Å². The van der Waals surface area contributed by atoms with Crippen LogP contribution in [0.2, 0.25) is 4.34 Å². The van der Waals surface area contributed by atoms with Gasteiger partial charge in [0.25, 0.3) is 0 Å². The summed E-state index contributed by atoms with van der Waals surface area (Å²) >= 11 is 6.80. The van der Waals surface area contributed by atoms with E-state index in [0.717, 1.165) is 17.4 Å². The lowest BCUT2D eigenvalue weighted by Crippen LogP contribution is -2.16. The number of Topliss-reactive ketones (excluding diaryl/α,β-unsaturated/α-hetero) is 1. The maximum absolute atomic E-state index is 12.1. The van der Waals surface area contributed by atoms with Gasteiger partial charge in [-0.2, -0.15) is 0 Å². The van der Waals surface area contributed by atoms with Gasteiger partial charge in [-0.25, -0.2) is 18.4 Å². The van der Waals surface area contributed by atoms with Crippen molar-refractivity contribution in [2.45, 2.75) is 4.90 Å². The Bertz CT molecular complexity index is 890. The highest BCUT2D eigenvalue weighted by atomic mass is 35.5. The minimum absolute atomic E-state index is 0.0963. The van der Waals surface area contributed by atoms with Crippen LogP contribution in [-0.2, 0) is 14.8 Å². The number of primary sulfonamides is 1. The molecule has 0 radical (unpaired) electrons. The first kappa shape index (κ1) is 18.4. The number of rotatable bonds is 6. The molecule has 0 aliphatic heterocycles. The summed E-state index contributed by atoms with van der Waals surface area (Å²) < 4.78 is 33.1. The molecule has 0 spiro atoms. The summed E-state index contributed by atoms with van der Waals surface area (Å²) in [5, 5.41) is 5.03. The Morgan fingerprint density at radius 3 is 2.50 bits per heavy atom. The molecular formula is C14H12ClNO6S2. The van der Waals surface area contributed by atoms with Gasteiger partial charge in [-0.05, 0) is 30.3 Å². The molecule has 0 aliphatic rings. The highest BCUT2D eigenvalue weighted by Crippen LogP contribution is 2.24. The first-order valence-corrected chi connectivity index (χ1v) is 9.13. The summed E-state index contributed by atoms with van der Waals surface area (Å²) in [5.74, 6) is -1.24. The second-order valence-corrected chi connectivity index (χ2v) is 7.79. The molecule has 0 amide bonds. The molecule has 128 valence electrons. The number of halogens is 1. The summed E-state index contributed by atoms with van der Waals surface area (Å²) in [7, 11) is -2.69. The molecular weight excluding hydrogens is 378 g/mol. The molecule has 0 atom stereocenters. The monoisotopic (exact) mass is 389 g/mol. The fourth-order valence-electron chi connectivity index (χ4n) is 1.77. The van der Waals surface area contributed by atoms with Crippen LogP contribution in [0.25, 0.3) is 0 Å². The molecule has 1 aromatic heterocycles. The molecule has 2 rings (SSSR count). The van der Waals surface area contributed by atoms with Crippen molar-refractivity contribution in [3.05, 3.63) is 45.1 Å². The first-order chi connectivity index (χ1) is 11.2. The largest absolute Gasteiger partial charge is 0.496 e. The summed E-state index contributed by atoms with van der Waals surface area (Å²) in [6.07, 6.45) is 0. The van der Waals surface area contributed by atoms with Crippen LogP contribution in [0.15, 0.2) is 35.2 Å². The first-order valence-electron chi connectivity index (χ1n) is 6.39. The van der Waals surface area contributed by atoms with E-state index >= 15 is 0 Å². The van der Waals surface area contributed by atoms with E-state index in [9.17, 15) is 18.0 Å². The van der Waals surface area contributed by atoms with Gasteiger partial charge < -0.3 is 9.47 Å². The van der Waals surface area contributed by atoms with Gasteiger partial charge in [-0.3, -0.25) is 4.79 Å². The summed E-state index contributed by atoms with van der Waals surface area (Å²) in [4.78, 5) is 24.1. The van der Waals surface area contributed by atoms with Crippen LogP contribution >= 0.6 is 22.9 Å². The fraction of sp³-hybridized carbons (Fsp3) is 0.143. The molecule has 0 unspecified atom stereocenters. The van der Waals surface area contributed by atoms with Gasteiger partial charge in [0.15, 0.2) is 6.61 Å². The molecule has 0 bridgehead atoms. The Morgan fingerprint density at radius 2 is 1.96 bits per heavy atom. The number of ether oxygens (including phenoxy) is 2. The third-order valence-corrected chi connectivity index (χ3v) is 5.08. The Hall–Kier alpha value is -1.94. The van der Waals surface area contributed by atoms with E-state index in [1.807, 2.05) is 0 Å². The Morgan fingerprint density at radius 1 is 1.25 bits per heavy atom. The van der Waals surface area contributed by atoms with Crippen LogP contribution in [0.1, 0.15) is 20.0 Å². The van der Waals surface area contributed by atoms with Crippen LogP contribution in [0.3, 0.4) is 0 Å². The zero-order chi connectivity index (χ0) is 17.9. The molecule has 0 saturated heterocycles. The Kier molecular flexibility index (Phi) is 5.60. The Balaban J connectivity index is 2.18. The van der Waals surface area contributed by atoms with Crippen molar-refractivity contribution in [1.82, 2.24) is 0 Å². The van der Waals surface area contributed by atoms with Gasteiger partial charge in [0.05, 0.1) is 21.2 Å². The van der Waals surface area contributed by atoms with E-state index in [4.69, 9.17) is 26.2 Å². The average molecular weight is 390 g/mol. The molecule has 1 heterocycles. The van der Waals surface area contributed by atoms with Gasteiger partial charge in [-0.1, -0.05) is 11.6 Å². The minimum Gasteiger partial charge on any atom is -0.496 e. The number of nitrogens with two attached hydrogens (primary N) is 1. The maximum atomic E-state index is 12.1. The van der Waals surface area contributed by atoms with Crippen LogP contribution in [0, 0.1) is 0 Å². The molecule has 0 aliphatic carbocycles. The number of benzene rings is 1. The summed E-state index contributed by atoms with van der Waals surface area (Å²) in [6.45, 7) is -0.515. The number of sulfonamides is 1. The lowest BCUT2D eigenvalue weighted by atomic mass is 10.2. The number of thiophene rings is 1. The number of carbonyl (C=O) groups excluding carboxylic acids is 2. The lowest BCUT2D eigenvalue weighted by molar-refractivity contribution is 0.0472. The van der Waals surface area contributed by atoms with E-state index in [0.29, 0.717) is 9.21 Å². The van der Waals surface area contributed by atoms with Gasteiger partial charge >= 0.3 is 5.97 Å². The number of hydrogen-bond acceptors (Lipinski definition) is 7. The molecule has 2 N–H and O–H groups in total. The van der Waals surface area contributed by atoms with Crippen LogP contribution < -0.4 is 9.88 Å². The van der Waals surface area contributed by atoms with Crippen LogP contribution in [0.4, 0.5) is 0 Å². The lowest BCUT2D eigenvalue weighted by Gasteiger charge is -2.09. The van der Waals surface area contributed by atoms with Gasteiger partial charge in [-0.15, -0.1) is 11.3 Å². The number of esters is 1. The van der Waals surface area contributed by atoms with Crippen molar-refractivity contribution in [3.8, 4) is 5.75 Å². The predicted octanol–water partition coefficient (Wildman–Crippen LogP) is 2.10. The second-order valence-electron chi connectivity index (χ2n) is 4.51. The van der Waals surface area contributed by atoms with Crippen molar-refractivity contribution < 1.29 is 27.5 Å². The van der Waals surface area contributed by atoms with Crippen LogP contribution in [-0.4, -0.2) is 33.9 Å². The number of ketones is 1. The van der Waals surface area contributed by atoms with E-state index in [2.05, 4.69) is 0 Å². The molecule has 7 nitrogen and oxygen atoms in total. The smallest absolute Gasteiger partial charge is 0.342 e. The zero-order valence-corrected chi connectivity index (χ0v) is 14.7. The fourth-order valence-corrected chi connectivity index (χ4v) is 3.27. The van der Waals surface area contributed by atoms with Crippen LogP contribution in [0.5, 0.6) is 5.75 Å². The van der Waals surface area contributed by atoms with Crippen molar-refractivity contribution in [3.63, 3.8) is 0 Å². The third-order valence-electron chi connectivity index (χ3n) is 2.90. The zero-order valence-electron chi connectivity index (χ0n) is 12.3. The van der Waals surface area contributed by atoms with Gasteiger partial charge in [0, 0.05) is 0 Å². The van der Waals surface area contributed by atoms with Crippen molar-refractivity contribution in [2.24, 2.45) is 5.14 Å². The normalized spacial score (nSPS) is 11.1. The summed E-state index contributed by atoms with van der Waals surface area (Å²) in [6, 6.07) is 6.58. The molecule has 2 aromatic rings. The summed E-state index contributed by atoms with van der Waals surface area (Å²) in [5.41, 5.74) is -0.152. The van der Waals surface area contributed by atoms with E-state index in [1.54, 1.807) is 6.07 Å². The van der Waals surface area contributed by atoms with Crippen molar-refractivity contribution in [1.29, 1.82) is 0 Å². The van der Waals surface area contributed by atoms with Gasteiger partial charge in [0.1, 0.15) is 11.3 Å². The molecule has 10 heteroatoms. The standard InChI is InChI=1S/C14H12ClNO6S2/c1-21-11-3-2-8(24(16,19)20)6-9(11)14(18)22-7-10(17)12-4-5-13(15)23-12/h2-6H,7H2,1H3,(H2,16,19,20). The molecule has 0 saturated carbocycles. The average Bonchev–Trinajstić information content (AvgIpc) is 2.97. The highest BCUT2D eigenvalue weighted by molar-refractivity contribution is 7.89. The maximum Gasteiger partial charge on any atom is 0.342 e. The third kappa shape index (κ3) is 4.32. The SMILES string of the molecule is COc1ccc(S(N)(=O)=O)cc1C(=O)OCC(=O)c1ccc(Cl)s1. The number of carbonyl (C=O) groups is 2. The molecule has 24 heavy (non-hydrogen) atoms. The minimum atomic E-state index is -4.00. The van der Waals surface area contributed by atoms with Gasteiger partial charge in [0.2, 0.25) is 15.8 Å². The molecule has 0 fully saturated rings. The Labute approximate surface area is 147 Å². The second kappa shape index (κ2) is 7.31. The van der Waals surface area contributed by atoms with E-state index in [1.165, 1.54) is 25.3 Å². The van der Waals surface area contributed by atoms with Crippen molar-refractivity contribution in [2.75, 3.05) is 13.7 Å². The van der Waals surface area contributed by atoms with E-state index < -0.39 is 28.4 Å². The molecule has 1 aromatic carbocycles. The predicted molar refractivity (Wildman–Crippen MR) is 88.3 cm³/mol. The number of hydrogen-bond donors (Lipinski definition) is 1. The topological polar surface area (TPSA) is 113 Å². The number of methoxy groups -OCH3 is 1.